The molecule has 3 nitrogen and oxygen atoms in total. The molecule has 1 aliphatic rings. The first-order valence-electron chi connectivity index (χ1n) is 7.07. The van der Waals surface area contributed by atoms with E-state index in [0.29, 0.717) is 0 Å². The number of ether oxygens (including phenoxy) is 1. The molecule has 0 aliphatic carbocycles. The lowest BCUT2D eigenvalue weighted by atomic mass is 9.85. The Morgan fingerprint density at radius 3 is 2.63 bits per heavy atom. The Morgan fingerprint density at radius 1 is 1.32 bits per heavy atom. The quantitative estimate of drug-likeness (QED) is 0.839. The maximum atomic E-state index is 6.23. The minimum atomic E-state index is 0.0874. The van der Waals surface area contributed by atoms with Crippen molar-refractivity contribution < 1.29 is 9.57 Å². The second kappa shape index (κ2) is 5.51. The highest BCUT2D eigenvalue weighted by Crippen LogP contribution is 2.44. The van der Waals surface area contributed by atoms with Crippen LogP contribution in [0.5, 0.6) is 5.75 Å². The van der Waals surface area contributed by atoms with Gasteiger partial charge in [-0.2, -0.15) is 5.48 Å². The van der Waals surface area contributed by atoms with E-state index in [4.69, 9.17) is 9.57 Å². The van der Waals surface area contributed by atoms with Crippen LogP contribution in [0.3, 0.4) is 0 Å². The molecule has 0 fully saturated rings. The van der Waals surface area contributed by atoms with Crippen molar-refractivity contribution in [1.29, 1.82) is 0 Å². The summed E-state index contributed by atoms with van der Waals surface area (Å²) in [4.78, 5) is 5.15. The minimum absolute atomic E-state index is 0.0874. The molecule has 2 atom stereocenters. The van der Waals surface area contributed by atoms with Gasteiger partial charge in [-0.1, -0.05) is 52.3 Å². The third-order valence-electron chi connectivity index (χ3n) is 3.65. The normalized spacial score (nSPS) is 22.2. The Morgan fingerprint density at radius 2 is 2.05 bits per heavy atom. The number of hydrogen-bond donors (Lipinski definition) is 1. The van der Waals surface area contributed by atoms with E-state index in [1.807, 2.05) is 0 Å². The van der Waals surface area contributed by atoms with Crippen molar-refractivity contribution in [2.45, 2.75) is 58.1 Å². The molecular weight excluding hydrogens is 238 g/mol. The Balaban J connectivity index is 2.41. The number of hydrogen-bond acceptors (Lipinski definition) is 3. The maximum Gasteiger partial charge on any atom is 0.128 e. The fourth-order valence-corrected chi connectivity index (χ4v) is 2.72. The first-order chi connectivity index (χ1) is 8.99. The highest BCUT2D eigenvalue weighted by molar-refractivity contribution is 5.49. The van der Waals surface area contributed by atoms with E-state index in [1.54, 1.807) is 7.11 Å². The molecule has 1 N–H and O–H groups in total. The first kappa shape index (κ1) is 14.4. The van der Waals surface area contributed by atoms with Crippen LogP contribution in [0, 0.1) is 0 Å². The predicted molar refractivity (Wildman–Crippen MR) is 77.4 cm³/mol. The molecule has 3 heteroatoms. The van der Waals surface area contributed by atoms with Gasteiger partial charge in [0.2, 0.25) is 0 Å². The number of nitrogens with one attached hydrogen (secondary N) is 1. The number of hydroxylamine groups is 1. The van der Waals surface area contributed by atoms with E-state index >= 15 is 0 Å². The van der Waals surface area contributed by atoms with Crippen LogP contribution in [-0.4, -0.2) is 13.2 Å². The summed E-state index contributed by atoms with van der Waals surface area (Å²) in [7, 11) is 1.66. The summed E-state index contributed by atoms with van der Waals surface area (Å²) in [6.07, 6.45) is 2.29. The van der Waals surface area contributed by atoms with Gasteiger partial charge in [0.25, 0.3) is 0 Å². The topological polar surface area (TPSA) is 30.5 Å². The average Bonchev–Trinajstić information content (AvgIpc) is 2.67. The van der Waals surface area contributed by atoms with Gasteiger partial charge < -0.3 is 9.57 Å². The Bertz CT molecular complexity index is 437. The smallest absolute Gasteiger partial charge is 0.128 e. The van der Waals surface area contributed by atoms with Crippen LogP contribution in [0.4, 0.5) is 0 Å². The Labute approximate surface area is 116 Å². The summed E-state index contributed by atoms with van der Waals surface area (Å²) >= 11 is 0. The third-order valence-corrected chi connectivity index (χ3v) is 3.65. The maximum absolute atomic E-state index is 6.23. The van der Waals surface area contributed by atoms with Crippen molar-refractivity contribution in [3.63, 3.8) is 0 Å². The van der Waals surface area contributed by atoms with Gasteiger partial charge in [0, 0.05) is 5.56 Å². The van der Waals surface area contributed by atoms with Crippen molar-refractivity contribution in [3.8, 4) is 5.75 Å². The zero-order chi connectivity index (χ0) is 14.0. The first-order valence-corrected chi connectivity index (χ1v) is 7.07. The summed E-state index contributed by atoms with van der Waals surface area (Å²) in [5.74, 6) is 1.04. The summed E-state index contributed by atoms with van der Waals surface area (Å²) in [5, 5.41) is 0. The van der Waals surface area contributed by atoms with Gasteiger partial charge in [0.1, 0.15) is 11.9 Å². The van der Waals surface area contributed by atoms with Crippen molar-refractivity contribution in [2.75, 3.05) is 7.11 Å². The van der Waals surface area contributed by atoms with Gasteiger partial charge in [-0.25, -0.2) is 0 Å². The SMILES string of the molecule is CCCC1Oc2c(cccc2C(C)(C)C)C1NOC. The zero-order valence-corrected chi connectivity index (χ0v) is 12.6. The Kier molecular flexibility index (Phi) is 4.16. The molecule has 0 saturated carbocycles. The summed E-state index contributed by atoms with van der Waals surface area (Å²) in [6.45, 7) is 8.84. The molecule has 0 spiro atoms. The standard InChI is InChI=1S/C16H25NO2/c1-6-8-13-14(17-18-5)11-9-7-10-12(15(11)19-13)16(2,3)4/h7,9-10,13-14,17H,6,8H2,1-5H3. The molecule has 0 radical (unpaired) electrons. The lowest BCUT2D eigenvalue weighted by Gasteiger charge is -2.22. The van der Waals surface area contributed by atoms with Crippen molar-refractivity contribution in [1.82, 2.24) is 5.48 Å². The summed E-state index contributed by atoms with van der Waals surface area (Å²) < 4.78 is 6.23. The van der Waals surface area contributed by atoms with Crippen LogP contribution in [0.1, 0.15) is 57.7 Å². The average molecular weight is 263 g/mol. The van der Waals surface area contributed by atoms with Crippen LogP contribution in [0.2, 0.25) is 0 Å². The van der Waals surface area contributed by atoms with E-state index in [0.717, 1.165) is 18.6 Å². The van der Waals surface area contributed by atoms with Gasteiger partial charge in [-0.15, -0.1) is 0 Å². The molecule has 0 aromatic heterocycles. The van der Waals surface area contributed by atoms with E-state index in [9.17, 15) is 0 Å². The van der Waals surface area contributed by atoms with Gasteiger partial charge in [-0.3, -0.25) is 0 Å². The number of para-hydroxylation sites is 1. The lowest BCUT2D eigenvalue weighted by molar-refractivity contribution is 0.0267. The monoisotopic (exact) mass is 263 g/mol. The van der Waals surface area contributed by atoms with Crippen molar-refractivity contribution >= 4 is 0 Å². The largest absolute Gasteiger partial charge is 0.488 e. The molecule has 1 heterocycles. The van der Waals surface area contributed by atoms with Crippen LogP contribution in [-0.2, 0) is 10.3 Å². The number of rotatable bonds is 4. The van der Waals surface area contributed by atoms with Crippen LogP contribution in [0.25, 0.3) is 0 Å². The van der Waals surface area contributed by atoms with Gasteiger partial charge >= 0.3 is 0 Å². The zero-order valence-electron chi connectivity index (χ0n) is 12.6. The van der Waals surface area contributed by atoms with Gasteiger partial charge in [-0.05, 0) is 17.4 Å². The molecule has 1 aliphatic heterocycles. The van der Waals surface area contributed by atoms with Crippen LogP contribution < -0.4 is 10.2 Å². The van der Waals surface area contributed by atoms with Crippen LogP contribution in [0.15, 0.2) is 18.2 Å². The van der Waals surface area contributed by atoms with Gasteiger partial charge in [0.15, 0.2) is 0 Å². The third kappa shape index (κ3) is 2.77. The van der Waals surface area contributed by atoms with E-state index in [1.165, 1.54) is 11.1 Å². The van der Waals surface area contributed by atoms with Crippen molar-refractivity contribution in [2.24, 2.45) is 0 Å². The summed E-state index contributed by atoms with van der Waals surface area (Å²) in [6, 6.07) is 6.54. The second-order valence-corrected chi connectivity index (χ2v) is 6.22. The molecule has 1 aromatic carbocycles. The molecule has 106 valence electrons. The molecule has 1 aromatic rings. The minimum Gasteiger partial charge on any atom is -0.488 e. The fourth-order valence-electron chi connectivity index (χ4n) is 2.72. The van der Waals surface area contributed by atoms with Crippen LogP contribution >= 0.6 is 0 Å². The fraction of sp³-hybridized carbons (Fsp3) is 0.625. The highest BCUT2D eigenvalue weighted by atomic mass is 16.6. The van der Waals surface area contributed by atoms with Gasteiger partial charge in [0.05, 0.1) is 13.2 Å². The van der Waals surface area contributed by atoms with E-state index in [2.05, 4.69) is 51.4 Å². The molecule has 0 amide bonds. The molecule has 0 saturated heterocycles. The van der Waals surface area contributed by atoms with Crippen molar-refractivity contribution in [3.05, 3.63) is 29.3 Å². The molecule has 2 unspecified atom stereocenters. The molecular formula is C16H25NO2. The summed E-state index contributed by atoms with van der Waals surface area (Å²) in [5.41, 5.74) is 5.66. The molecule has 2 rings (SSSR count). The second-order valence-electron chi connectivity index (χ2n) is 6.22. The Hall–Kier alpha value is -1.06. The number of benzene rings is 1. The lowest BCUT2D eigenvalue weighted by Crippen LogP contribution is -2.30. The molecule has 19 heavy (non-hydrogen) atoms. The number of fused-ring (bicyclic) bond motifs is 1. The van der Waals surface area contributed by atoms with E-state index < -0.39 is 0 Å². The highest BCUT2D eigenvalue weighted by Gasteiger charge is 2.37. The van der Waals surface area contributed by atoms with E-state index in [-0.39, 0.29) is 17.6 Å². The predicted octanol–water partition coefficient (Wildman–Crippen LogP) is 3.74. The molecule has 0 bridgehead atoms.